The number of aromatic nitrogens is 1. The van der Waals surface area contributed by atoms with Gasteiger partial charge in [0.25, 0.3) is 0 Å². The lowest BCUT2D eigenvalue weighted by atomic mass is 9.76. The number of methoxy groups -OCH3 is 1. The molecular formula is C15H17NO2S. The molecule has 1 aromatic carbocycles. The number of carbonyl (C=O) groups excluding carboxylic acids is 1. The van der Waals surface area contributed by atoms with E-state index < -0.39 is 0 Å². The second-order valence-electron chi connectivity index (χ2n) is 5.21. The van der Waals surface area contributed by atoms with Crippen LogP contribution < -0.4 is 0 Å². The van der Waals surface area contributed by atoms with Crippen LogP contribution in [0, 0.1) is 0 Å². The number of benzene rings is 1. The van der Waals surface area contributed by atoms with Gasteiger partial charge in [0.05, 0.1) is 22.2 Å². The van der Waals surface area contributed by atoms with Crippen molar-refractivity contribution in [2.24, 2.45) is 0 Å². The number of fused-ring (bicyclic) bond motifs is 1. The Labute approximate surface area is 116 Å². The first-order valence-corrected chi connectivity index (χ1v) is 7.44. The maximum absolute atomic E-state index is 12.1. The molecule has 0 unspecified atom stereocenters. The Morgan fingerprint density at radius 3 is 2.84 bits per heavy atom. The van der Waals surface area contributed by atoms with Gasteiger partial charge in [-0.1, -0.05) is 12.1 Å². The van der Waals surface area contributed by atoms with Gasteiger partial charge in [-0.3, -0.25) is 4.79 Å². The van der Waals surface area contributed by atoms with Crippen LogP contribution in [0.25, 0.3) is 10.2 Å². The number of thiazole rings is 1. The van der Waals surface area contributed by atoms with Crippen molar-refractivity contribution in [3.63, 3.8) is 0 Å². The smallest absolute Gasteiger partial charge is 0.142 e. The van der Waals surface area contributed by atoms with Crippen molar-refractivity contribution in [1.29, 1.82) is 0 Å². The number of hydrogen-bond donors (Lipinski definition) is 0. The van der Waals surface area contributed by atoms with Crippen molar-refractivity contribution in [2.45, 2.75) is 37.7 Å². The zero-order valence-corrected chi connectivity index (χ0v) is 11.8. The Kier molecular flexibility index (Phi) is 3.37. The Hall–Kier alpha value is -1.26. The van der Waals surface area contributed by atoms with Crippen molar-refractivity contribution < 1.29 is 9.53 Å². The average molecular weight is 275 g/mol. The number of Topliss-reactive ketones (excluding diaryl/α,β-unsaturated/α-hetero) is 1. The highest BCUT2D eigenvalue weighted by atomic mass is 32.1. The number of carbonyl (C=O) groups is 1. The normalized spacial score (nSPS) is 17.3. The van der Waals surface area contributed by atoms with Crippen LogP contribution in [0.4, 0.5) is 0 Å². The van der Waals surface area contributed by atoms with Crippen LogP contribution >= 0.6 is 11.3 Å². The maximum Gasteiger partial charge on any atom is 0.142 e. The number of ether oxygens (including phenoxy) is 1. The van der Waals surface area contributed by atoms with E-state index in [9.17, 15) is 4.79 Å². The van der Waals surface area contributed by atoms with E-state index in [0.717, 1.165) is 28.1 Å². The fourth-order valence-corrected chi connectivity index (χ4v) is 3.61. The van der Waals surface area contributed by atoms with Crippen LogP contribution in [0.5, 0.6) is 0 Å². The molecule has 1 aromatic heterocycles. The first-order valence-electron chi connectivity index (χ1n) is 6.62. The maximum atomic E-state index is 12.1. The van der Waals surface area contributed by atoms with E-state index in [4.69, 9.17) is 4.74 Å². The quantitative estimate of drug-likeness (QED) is 0.840. The van der Waals surface area contributed by atoms with Crippen molar-refractivity contribution in [1.82, 2.24) is 4.98 Å². The molecule has 1 aliphatic carbocycles. The molecule has 0 amide bonds. The van der Waals surface area contributed by atoms with Crippen molar-refractivity contribution >= 4 is 27.3 Å². The van der Waals surface area contributed by atoms with E-state index in [-0.39, 0.29) is 11.4 Å². The highest BCUT2D eigenvalue weighted by Crippen LogP contribution is 2.38. The summed E-state index contributed by atoms with van der Waals surface area (Å²) in [6.45, 7) is 0. The highest BCUT2D eigenvalue weighted by Gasteiger charge is 2.38. The molecule has 3 nitrogen and oxygen atoms in total. The minimum Gasteiger partial charge on any atom is -0.378 e. The largest absolute Gasteiger partial charge is 0.378 e. The van der Waals surface area contributed by atoms with Crippen LogP contribution in [-0.4, -0.2) is 23.5 Å². The van der Waals surface area contributed by atoms with E-state index in [0.29, 0.717) is 12.8 Å². The number of ketones is 1. The molecule has 0 atom stereocenters. The molecule has 100 valence electrons. The molecule has 3 rings (SSSR count). The van der Waals surface area contributed by atoms with Gasteiger partial charge in [-0.25, -0.2) is 4.98 Å². The molecular weight excluding hydrogens is 258 g/mol. The fourth-order valence-electron chi connectivity index (χ4n) is 2.61. The molecule has 0 radical (unpaired) electrons. The number of rotatable bonds is 5. The minimum absolute atomic E-state index is 0.173. The molecule has 0 N–H and O–H groups in total. The Bertz CT molecular complexity index is 562. The van der Waals surface area contributed by atoms with E-state index in [2.05, 4.69) is 4.98 Å². The molecule has 1 aliphatic rings. The second kappa shape index (κ2) is 5.02. The molecule has 2 aromatic rings. The van der Waals surface area contributed by atoms with Crippen LogP contribution in [0.15, 0.2) is 24.3 Å². The minimum atomic E-state index is -0.173. The zero-order chi connectivity index (χ0) is 13.3. The van der Waals surface area contributed by atoms with Crippen molar-refractivity contribution in [3.8, 4) is 0 Å². The number of nitrogens with zero attached hydrogens (tertiary/aromatic N) is 1. The molecule has 1 fully saturated rings. The second-order valence-corrected chi connectivity index (χ2v) is 6.32. The molecule has 1 heterocycles. The first-order chi connectivity index (χ1) is 9.21. The highest BCUT2D eigenvalue weighted by molar-refractivity contribution is 7.18. The first kappa shape index (κ1) is 12.8. The van der Waals surface area contributed by atoms with Gasteiger partial charge in [-0.05, 0) is 31.4 Å². The predicted molar refractivity (Wildman–Crippen MR) is 76.5 cm³/mol. The molecule has 0 saturated heterocycles. The standard InChI is InChI=1S/C15H17NO2S/c1-18-15(7-4-8-15)10-11(17)9-14-16-12-5-2-3-6-13(12)19-14/h2-3,5-6H,4,7-10H2,1H3. The summed E-state index contributed by atoms with van der Waals surface area (Å²) in [4.78, 5) is 16.7. The lowest BCUT2D eigenvalue weighted by molar-refractivity contribution is -0.131. The summed E-state index contributed by atoms with van der Waals surface area (Å²) in [5.41, 5.74) is 0.814. The third-order valence-electron chi connectivity index (χ3n) is 3.90. The van der Waals surface area contributed by atoms with Gasteiger partial charge in [-0.15, -0.1) is 11.3 Å². The van der Waals surface area contributed by atoms with E-state index >= 15 is 0 Å². The Morgan fingerprint density at radius 2 is 2.21 bits per heavy atom. The molecule has 1 saturated carbocycles. The number of para-hydroxylation sites is 1. The van der Waals surface area contributed by atoms with Gasteiger partial charge in [-0.2, -0.15) is 0 Å². The summed E-state index contributed by atoms with van der Waals surface area (Å²) < 4.78 is 6.65. The lowest BCUT2D eigenvalue weighted by Gasteiger charge is -2.40. The lowest BCUT2D eigenvalue weighted by Crippen LogP contribution is -2.41. The summed E-state index contributed by atoms with van der Waals surface area (Å²) in [5, 5.41) is 0.914. The van der Waals surface area contributed by atoms with Crippen LogP contribution in [0.1, 0.15) is 30.7 Å². The summed E-state index contributed by atoms with van der Waals surface area (Å²) in [6.07, 6.45) is 4.15. The fraction of sp³-hybridized carbons (Fsp3) is 0.467. The third-order valence-corrected chi connectivity index (χ3v) is 4.94. The van der Waals surface area contributed by atoms with Gasteiger partial charge in [0.15, 0.2) is 0 Å². The summed E-state index contributed by atoms with van der Waals surface area (Å²) in [7, 11) is 1.71. The van der Waals surface area contributed by atoms with Crippen LogP contribution in [-0.2, 0) is 16.0 Å². The van der Waals surface area contributed by atoms with Gasteiger partial charge in [0.2, 0.25) is 0 Å². The summed E-state index contributed by atoms with van der Waals surface area (Å²) in [5.74, 6) is 0.237. The van der Waals surface area contributed by atoms with E-state index in [1.807, 2.05) is 24.3 Å². The van der Waals surface area contributed by atoms with E-state index in [1.165, 1.54) is 6.42 Å². The van der Waals surface area contributed by atoms with Gasteiger partial charge in [0, 0.05) is 13.5 Å². The predicted octanol–water partition coefficient (Wildman–Crippen LogP) is 3.37. The molecule has 19 heavy (non-hydrogen) atoms. The van der Waals surface area contributed by atoms with E-state index in [1.54, 1.807) is 18.4 Å². The molecule has 0 spiro atoms. The topological polar surface area (TPSA) is 39.2 Å². The van der Waals surface area contributed by atoms with Gasteiger partial charge in [0.1, 0.15) is 10.8 Å². The monoisotopic (exact) mass is 275 g/mol. The molecule has 0 bridgehead atoms. The molecule has 4 heteroatoms. The zero-order valence-electron chi connectivity index (χ0n) is 11.0. The Balaban J connectivity index is 1.69. The summed E-state index contributed by atoms with van der Waals surface area (Å²) in [6, 6.07) is 8.01. The van der Waals surface area contributed by atoms with Gasteiger partial charge < -0.3 is 4.74 Å². The van der Waals surface area contributed by atoms with Crippen LogP contribution in [0.3, 0.4) is 0 Å². The average Bonchev–Trinajstić information content (AvgIpc) is 2.75. The van der Waals surface area contributed by atoms with Gasteiger partial charge >= 0.3 is 0 Å². The number of hydrogen-bond acceptors (Lipinski definition) is 4. The Morgan fingerprint density at radius 1 is 1.42 bits per heavy atom. The SMILES string of the molecule is COC1(CC(=O)Cc2nc3ccccc3s2)CCC1. The van der Waals surface area contributed by atoms with Crippen molar-refractivity contribution in [2.75, 3.05) is 7.11 Å². The third kappa shape index (κ3) is 2.55. The van der Waals surface area contributed by atoms with Crippen LogP contribution in [0.2, 0.25) is 0 Å². The summed E-state index contributed by atoms with van der Waals surface area (Å²) >= 11 is 1.61. The van der Waals surface area contributed by atoms with Crippen molar-refractivity contribution in [3.05, 3.63) is 29.3 Å². The molecule has 0 aliphatic heterocycles.